The van der Waals surface area contributed by atoms with Crippen molar-refractivity contribution in [2.45, 2.75) is 69.9 Å². The standard InChI is InChI=1S/C27H39ClN4O3/c1-34-23-8-4-20(16-23)17-26(33)29-22-6-2-19(3-7-22)10-11-31-12-14-32(15-13-31)27-24-9-5-21(28)18-25(24)35-30-27/h5,9,18-20,22-23H,2-4,6-8,10-17H2,1H3,(H,29,33)/t19?,20-,22?,23-/m0/s1. The van der Waals surface area contributed by atoms with Crippen molar-refractivity contribution in [1.29, 1.82) is 0 Å². The van der Waals surface area contributed by atoms with Crippen LogP contribution < -0.4 is 10.2 Å². The second-order valence-corrected chi connectivity index (χ2v) is 11.2. The lowest BCUT2D eigenvalue weighted by molar-refractivity contribution is -0.123. The molecular weight excluding hydrogens is 464 g/mol. The summed E-state index contributed by atoms with van der Waals surface area (Å²) in [6.07, 6.45) is 10.2. The zero-order chi connectivity index (χ0) is 24.2. The summed E-state index contributed by atoms with van der Waals surface area (Å²) in [5, 5.41) is 9.34. The summed E-state index contributed by atoms with van der Waals surface area (Å²) in [6.45, 7) is 5.20. The number of nitrogens with zero attached hydrogens (tertiary/aromatic N) is 3. The average Bonchev–Trinajstić information content (AvgIpc) is 3.50. The van der Waals surface area contributed by atoms with Gasteiger partial charge in [-0.2, -0.15) is 0 Å². The van der Waals surface area contributed by atoms with Crippen LogP contribution in [0.1, 0.15) is 57.8 Å². The van der Waals surface area contributed by atoms with Crippen molar-refractivity contribution >= 4 is 34.3 Å². The molecule has 8 heteroatoms. The van der Waals surface area contributed by atoms with Crippen molar-refractivity contribution in [3.8, 4) is 0 Å². The number of halogens is 1. The van der Waals surface area contributed by atoms with E-state index in [1.807, 2.05) is 18.2 Å². The summed E-state index contributed by atoms with van der Waals surface area (Å²) in [4.78, 5) is 17.4. The Morgan fingerprint density at radius 3 is 2.63 bits per heavy atom. The van der Waals surface area contributed by atoms with Gasteiger partial charge in [0.25, 0.3) is 0 Å². The van der Waals surface area contributed by atoms with Crippen LogP contribution in [0.15, 0.2) is 22.7 Å². The fourth-order valence-corrected chi connectivity index (χ4v) is 6.41. The van der Waals surface area contributed by atoms with E-state index in [2.05, 4.69) is 20.3 Å². The number of benzene rings is 1. The van der Waals surface area contributed by atoms with Gasteiger partial charge in [-0.05, 0) is 81.9 Å². The van der Waals surface area contributed by atoms with Crippen molar-refractivity contribution < 1.29 is 14.1 Å². The van der Waals surface area contributed by atoms with Gasteiger partial charge in [0.05, 0.1) is 11.5 Å². The Morgan fingerprint density at radius 1 is 1.11 bits per heavy atom. The minimum Gasteiger partial charge on any atom is -0.381 e. The molecule has 0 unspecified atom stereocenters. The molecule has 2 saturated carbocycles. The highest BCUT2D eigenvalue weighted by molar-refractivity contribution is 6.31. The first kappa shape index (κ1) is 24.8. The van der Waals surface area contributed by atoms with Crippen LogP contribution in [0.25, 0.3) is 11.0 Å². The van der Waals surface area contributed by atoms with E-state index in [0.717, 1.165) is 87.5 Å². The Bertz CT molecular complexity index is 982. The average molecular weight is 503 g/mol. The first-order chi connectivity index (χ1) is 17.1. The van der Waals surface area contributed by atoms with Crippen molar-refractivity contribution in [1.82, 2.24) is 15.4 Å². The van der Waals surface area contributed by atoms with Gasteiger partial charge in [-0.3, -0.25) is 9.69 Å². The molecule has 192 valence electrons. The van der Waals surface area contributed by atoms with E-state index >= 15 is 0 Å². The van der Waals surface area contributed by atoms with Crippen LogP contribution in [0.4, 0.5) is 5.82 Å². The Morgan fingerprint density at radius 2 is 1.89 bits per heavy atom. The van der Waals surface area contributed by atoms with E-state index in [-0.39, 0.29) is 5.91 Å². The molecule has 1 amide bonds. The first-order valence-corrected chi connectivity index (χ1v) is 13.8. The van der Waals surface area contributed by atoms with Crippen LogP contribution in [-0.4, -0.2) is 67.9 Å². The number of fused-ring (bicyclic) bond motifs is 1. The van der Waals surface area contributed by atoms with Crippen LogP contribution in [0.5, 0.6) is 0 Å². The lowest BCUT2D eigenvalue weighted by Crippen LogP contribution is -2.47. The highest BCUT2D eigenvalue weighted by Crippen LogP contribution is 2.32. The number of carbonyl (C=O) groups excluding carboxylic acids is 1. The van der Waals surface area contributed by atoms with Crippen LogP contribution >= 0.6 is 11.6 Å². The monoisotopic (exact) mass is 502 g/mol. The van der Waals surface area contributed by atoms with Gasteiger partial charge in [0, 0.05) is 56.8 Å². The van der Waals surface area contributed by atoms with Crippen LogP contribution in [0, 0.1) is 11.8 Å². The van der Waals surface area contributed by atoms with Gasteiger partial charge in [-0.1, -0.05) is 16.8 Å². The highest BCUT2D eigenvalue weighted by atomic mass is 35.5. The summed E-state index contributed by atoms with van der Waals surface area (Å²) >= 11 is 6.07. The number of nitrogens with one attached hydrogen (secondary N) is 1. The van der Waals surface area contributed by atoms with Crippen LogP contribution in [0.2, 0.25) is 5.02 Å². The smallest absolute Gasteiger partial charge is 0.220 e. The lowest BCUT2D eigenvalue weighted by atomic mass is 9.84. The highest BCUT2D eigenvalue weighted by Gasteiger charge is 2.28. The van der Waals surface area contributed by atoms with Gasteiger partial charge in [0.15, 0.2) is 11.4 Å². The van der Waals surface area contributed by atoms with E-state index in [1.54, 1.807) is 7.11 Å². The zero-order valence-electron chi connectivity index (χ0n) is 20.9. The molecule has 3 fully saturated rings. The molecule has 1 aromatic heterocycles. The quantitative estimate of drug-likeness (QED) is 0.555. The van der Waals surface area contributed by atoms with E-state index in [0.29, 0.717) is 29.5 Å². The van der Waals surface area contributed by atoms with Crippen molar-refractivity contribution in [3.63, 3.8) is 0 Å². The molecule has 2 aliphatic carbocycles. The molecule has 1 aliphatic heterocycles. The second-order valence-electron chi connectivity index (χ2n) is 10.8. The molecule has 3 aliphatic rings. The molecule has 7 nitrogen and oxygen atoms in total. The van der Waals surface area contributed by atoms with E-state index in [4.69, 9.17) is 20.9 Å². The second kappa shape index (κ2) is 11.5. The molecule has 5 rings (SSSR count). The summed E-state index contributed by atoms with van der Waals surface area (Å²) < 4.78 is 10.9. The van der Waals surface area contributed by atoms with E-state index in [1.165, 1.54) is 19.3 Å². The normalized spacial score (nSPS) is 28.0. The third kappa shape index (κ3) is 6.30. The number of aromatic nitrogens is 1. The van der Waals surface area contributed by atoms with Crippen molar-refractivity contribution in [3.05, 3.63) is 23.2 Å². The molecule has 1 aromatic carbocycles. The van der Waals surface area contributed by atoms with E-state index in [9.17, 15) is 4.79 Å². The molecule has 0 radical (unpaired) electrons. The topological polar surface area (TPSA) is 70.8 Å². The minimum atomic E-state index is 0.246. The number of anilines is 1. The summed E-state index contributed by atoms with van der Waals surface area (Å²) in [5.74, 6) is 2.46. The number of piperazine rings is 1. The third-order valence-corrected chi connectivity index (χ3v) is 8.69. The van der Waals surface area contributed by atoms with Gasteiger partial charge >= 0.3 is 0 Å². The summed E-state index contributed by atoms with van der Waals surface area (Å²) in [7, 11) is 1.78. The predicted molar refractivity (Wildman–Crippen MR) is 139 cm³/mol. The molecule has 0 spiro atoms. The fraction of sp³-hybridized carbons (Fsp3) is 0.704. The Kier molecular flexibility index (Phi) is 8.15. The third-order valence-electron chi connectivity index (χ3n) is 8.45. The fourth-order valence-electron chi connectivity index (χ4n) is 6.25. The van der Waals surface area contributed by atoms with Crippen LogP contribution in [0.3, 0.4) is 0 Å². The van der Waals surface area contributed by atoms with Gasteiger partial charge in [-0.15, -0.1) is 0 Å². The Hall–Kier alpha value is -1.83. The minimum absolute atomic E-state index is 0.246. The van der Waals surface area contributed by atoms with Crippen molar-refractivity contribution in [2.75, 3.05) is 44.7 Å². The number of methoxy groups -OCH3 is 1. The predicted octanol–water partition coefficient (Wildman–Crippen LogP) is 4.87. The molecule has 1 N–H and O–H groups in total. The van der Waals surface area contributed by atoms with Gasteiger partial charge in [0.1, 0.15) is 0 Å². The summed E-state index contributed by atoms with van der Waals surface area (Å²) in [5.41, 5.74) is 0.750. The molecule has 35 heavy (non-hydrogen) atoms. The Labute approximate surface area is 213 Å². The number of hydrogen-bond donors (Lipinski definition) is 1. The maximum Gasteiger partial charge on any atom is 0.220 e. The van der Waals surface area contributed by atoms with E-state index < -0.39 is 0 Å². The van der Waals surface area contributed by atoms with Crippen LogP contribution in [-0.2, 0) is 9.53 Å². The lowest BCUT2D eigenvalue weighted by Gasteiger charge is -2.36. The maximum atomic E-state index is 12.5. The van der Waals surface area contributed by atoms with Gasteiger partial charge < -0.3 is 19.5 Å². The Balaban J connectivity index is 0.984. The van der Waals surface area contributed by atoms with Crippen molar-refractivity contribution in [2.24, 2.45) is 11.8 Å². The molecule has 0 bridgehead atoms. The first-order valence-electron chi connectivity index (χ1n) is 13.4. The molecule has 2 atom stereocenters. The zero-order valence-corrected chi connectivity index (χ0v) is 21.6. The molecular formula is C27H39ClN4O3. The largest absolute Gasteiger partial charge is 0.381 e. The van der Waals surface area contributed by atoms with Gasteiger partial charge in [0.2, 0.25) is 5.91 Å². The molecule has 2 aromatic rings. The number of hydrogen-bond acceptors (Lipinski definition) is 6. The number of carbonyl (C=O) groups is 1. The number of rotatable bonds is 8. The molecule has 1 saturated heterocycles. The maximum absolute atomic E-state index is 12.5. The summed E-state index contributed by atoms with van der Waals surface area (Å²) in [6, 6.07) is 6.10. The number of ether oxygens (including phenoxy) is 1. The molecule has 2 heterocycles. The van der Waals surface area contributed by atoms with Gasteiger partial charge in [-0.25, -0.2) is 0 Å². The SMILES string of the molecule is CO[C@H]1CC[C@H](CC(=O)NC2CCC(CCN3CCN(c4noc5cc(Cl)ccc45)CC3)CC2)C1. The number of amides is 1.